The van der Waals surface area contributed by atoms with Crippen LogP contribution in [0, 0.1) is 27.7 Å². The van der Waals surface area contributed by atoms with Crippen molar-refractivity contribution in [3.8, 4) is 22.4 Å². The lowest BCUT2D eigenvalue weighted by Gasteiger charge is -2.16. The molecule has 0 fully saturated rings. The molecule has 0 atom stereocenters. The lowest BCUT2D eigenvalue weighted by molar-refractivity contribution is -0.660. The first-order valence-corrected chi connectivity index (χ1v) is 8.12. The molecule has 0 N–H and O–H groups in total. The zero-order chi connectivity index (χ0) is 16.6. The summed E-state index contributed by atoms with van der Waals surface area (Å²) in [4.78, 5) is 0. The van der Waals surface area contributed by atoms with Gasteiger partial charge in [-0.3, -0.25) is 0 Å². The van der Waals surface area contributed by atoms with Crippen LogP contribution in [-0.4, -0.2) is 0 Å². The monoisotopic (exact) mass is 302 g/mol. The second kappa shape index (κ2) is 6.00. The Morgan fingerprint density at radius 1 is 0.696 bits per heavy atom. The maximum atomic E-state index is 2.28. The van der Waals surface area contributed by atoms with Crippen LogP contribution in [0.4, 0.5) is 0 Å². The van der Waals surface area contributed by atoms with Gasteiger partial charge in [0.15, 0.2) is 6.20 Å². The zero-order valence-electron chi connectivity index (χ0n) is 14.6. The maximum Gasteiger partial charge on any atom is 0.213 e. The third-order valence-electron chi connectivity index (χ3n) is 4.53. The van der Waals surface area contributed by atoms with Gasteiger partial charge in [-0.25, -0.2) is 4.57 Å². The molecule has 0 radical (unpaired) electrons. The highest BCUT2D eigenvalue weighted by Crippen LogP contribution is 2.37. The molecule has 0 aliphatic rings. The second-order valence-electron chi connectivity index (χ2n) is 6.47. The average molecular weight is 302 g/mol. The summed E-state index contributed by atoms with van der Waals surface area (Å²) in [6, 6.07) is 17.5. The molecule has 2 aromatic carbocycles. The van der Waals surface area contributed by atoms with Crippen molar-refractivity contribution >= 4 is 0 Å². The van der Waals surface area contributed by atoms with Crippen molar-refractivity contribution in [3.63, 3.8) is 0 Å². The third-order valence-corrected chi connectivity index (χ3v) is 4.53. The fourth-order valence-electron chi connectivity index (χ4n) is 3.60. The van der Waals surface area contributed by atoms with E-state index in [0.717, 1.165) is 0 Å². The van der Waals surface area contributed by atoms with E-state index >= 15 is 0 Å². The van der Waals surface area contributed by atoms with Crippen LogP contribution >= 0.6 is 0 Å². The van der Waals surface area contributed by atoms with E-state index in [9.17, 15) is 0 Å². The van der Waals surface area contributed by atoms with Gasteiger partial charge in [0.25, 0.3) is 0 Å². The van der Waals surface area contributed by atoms with Gasteiger partial charge in [-0.05, 0) is 61.6 Å². The molecule has 0 aliphatic carbocycles. The van der Waals surface area contributed by atoms with Gasteiger partial charge in [0, 0.05) is 12.1 Å². The average Bonchev–Trinajstić information content (AvgIpc) is 2.47. The van der Waals surface area contributed by atoms with E-state index in [1.165, 1.54) is 44.6 Å². The fraction of sp³-hybridized carbons (Fsp3) is 0.227. The van der Waals surface area contributed by atoms with Crippen LogP contribution in [0.3, 0.4) is 0 Å². The summed E-state index contributed by atoms with van der Waals surface area (Å²) < 4.78 is 2.20. The highest BCUT2D eigenvalue weighted by atomic mass is 14.9. The molecule has 0 saturated carbocycles. The summed E-state index contributed by atoms with van der Waals surface area (Å²) in [5, 5.41) is 0. The highest BCUT2D eigenvalue weighted by molar-refractivity contribution is 5.86. The minimum absolute atomic E-state index is 1.25. The van der Waals surface area contributed by atoms with Crippen molar-refractivity contribution in [1.29, 1.82) is 0 Å². The second-order valence-corrected chi connectivity index (χ2v) is 6.47. The van der Waals surface area contributed by atoms with Gasteiger partial charge >= 0.3 is 0 Å². The van der Waals surface area contributed by atoms with Gasteiger partial charge in [-0.2, -0.15) is 0 Å². The summed E-state index contributed by atoms with van der Waals surface area (Å²) in [7, 11) is 2.11. The van der Waals surface area contributed by atoms with Crippen molar-refractivity contribution in [2.24, 2.45) is 7.05 Å². The molecule has 0 bridgehead atoms. The lowest BCUT2D eigenvalue weighted by atomic mass is 9.88. The Kier molecular flexibility index (Phi) is 4.04. The van der Waals surface area contributed by atoms with Gasteiger partial charge in [0.05, 0.1) is 5.56 Å². The SMILES string of the molecule is Cc1cc(C)c(-c2cccc(C)c2-c2cccc[n+]2C)c(C)c1. The fourth-order valence-corrected chi connectivity index (χ4v) is 3.60. The molecule has 0 saturated heterocycles. The van der Waals surface area contributed by atoms with Crippen LogP contribution in [0.25, 0.3) is 22.4 Å². The van der Waals surface area contributed by atoms with Gasteiger partial charge in [-0.1, -0.05) is 35.9 Å². The van der Waals surface area contributed by atoms with E-state index in [2.05, 4.69) is 94.0 Å². The Bertz CT molecular complexity index is 852. The minimum atomic E-state index is 1.25. The van der Waals surface area contributed by atoms with Gasteiger partial charge in [0.1, 0.15) is 7.05 Å². The first-order valence-electron chi connectivity index (χ1n) is 8.12. The first kappa shape index (κ1) is 15.5. The summed E-state index contributed by atoms with van der Waals surface area (Å²) in [6.45, 7) is 8.79. The first-order chi connectivity index (χ1) is 11.0. The number of pyridine rings is 1. The number of rotatable bonds is 2. The van der Waals surface area contributed by atoms with Crippen molar-refractivity contribution in [2.75, 3.05) is 0 Å². The van der Waals surface area contributed by atoms with E-state index in [4.69, 9.17) is 0 Å². The third kappa shape index (κ3) is 2.79. The van der Waals surface area contributed by atoms with Crippen LogP contribution < -0.4 is 4.57 Å². The number of nitrogens with zero attached hydrogens (tertiary/aromatic N) is 1. The molecule has 0 spiro atoms. The van der Waals surface area contributed by atoms with Crippen molar-refractivity contribution in [3.05, 3.63) is 77.0 Å². The molecule has 1 aromatic heterocycles. The zero-order valence-corrected chi connectivity index (χ0v) is 14.6. The normalized spacial score (nSPS) is 10.8. The summed E-state index contributed by atoms with van der Waals surface area (Å²) >= 11 is 0. The van der Waals surface area contributed by atoms with Crippen LogP contribution in [-0.2, 0) is 7.05 Å². The molecule has 0 aliphatic heterocycles. The predicted octanol–water partition coefficient (Wildman–Crippen LogP) is 5.08. The largest absolute Gasteiger partial charge is 0.213 e. The van der Waals surface area contributed by atoms with E-state index in [0.29, 0.717) is 0 Å². The number of hydrogen-bond donors (Lipinski definition) is 0. The Morgan fingerprint density at radius 3 is 2.04 bits per heavy atom. The maximum absolute atomic E-state index is 2.28. The van der Waals surface area contributed by atoms with Crippen LogP contribution in [0.5, 0.6) is 0 Å². The molecule has 1 nitrogen and oxygen atoms in total. The molecule has 23 heavy (non-hydrogen) atoms. The molecular formula is C22H24N+. The highest BCUT2D eigenvalue weighted by Gasteiger charge is 2.19. The molecule has 1 heterocycles. The molecule has 3 rings (SSSR count). The molecule has 0 amide bonds. The van der Waals surface area contributed by atoms with Crippen molar-refractivity contribution < 1.29 is 4.57 Å². The Balaban J connectivity index is 2.36. The van der Waals surface area contributed by atoms with E-state index in [1.54, 1.807) is 0 Å². The summed E-state index contributed by atoms with van der Waals surface area (Å²) in [5.74, 6) is 0. The van der Waals surface area contributed by atoms with Gasteiger partial charge in [0.2, 0.25) is 5.69 Å². The van der Waals surface area contributed by atoms with Crippen molar-refractivity contribution in [1.82, 2.24) is 0 Å². The molecule has 3 aromatic rings. The van der Waals surface area contributed by atoms with Crippen molar-refractivity contribution in [2.45, 2.75) is 27.7 Å². The van der Waals surface area contributed by atoms with E-state index in [-0.39, 0.29) is 0 Å². The van der Waals surface area contributed by atoms with Gasteiger partial charge < -0.3 is 0 Å². The number of hydrogen-bond acceptors (Lipinski definition) is 0. The van der Waals surface area contributed by atoms with Crippen LogP contribution in [0.2, 0.25) is 0 Å². The number of benzene rings is 2. The topological polar surface area (TPSA) is 3.88 Å². The smallest absolute Gasteiger partial charge is 0.201 e. The number of aryl methyl sites for hydroxylation is 5. The number of aromatic nitrogens is 1. The standard InChI is InChI=1S/C22H24N/c1-15-13-17(3)21(18(4)14-15)19-10-8-9-16(2)22(19)20-11-6-7-12-23(20)5/h6-14H,1-5H3/q+1. The molecular weight excluding hydrogens is 278 g/mol. The molecule has 0 unspecified atom stereocenters. The van der Waals surface area contributed by atoms with E-state index < -0.39 is 0 Å². The molecule has 116 valence electrons. The Morgan fingerprint density at radius 2 is 1.39 bits per heavy atom. The van der Waals surface area contributed by atoms with Gasteiger partial charge in [-0.15, -0.1) is 0 Å². The van der Waals surface area contributed by atoms with Crippen LogP contribution in [0.1, 0.15) is 22.3 Å². The summed E-state index contributed by atoms with van der Waals surface area (Å²) in [6.07, 6.45) is 2.11. The lowest BCUT2D eigenvalue weighted by Crippen LogP contribution is -2.30. The minimum Gasteiger partial charge on any atom is -0.201 e. The van der Waals surface area contributed by atoms with E-state index in [1.807, 2.05) is 0 Å². The Labute approximate surface area is 139 Å². The molecule has 1 heteroatoms. The van der Waals surface area contributed by atoms with Crippen LogP contribution in [0.15, 0.2) is 54.7 Å². The quantitative estimate of drug-likeness (QED) is 0.581. The Hall–Kier alpha value is -2.41. The summed E-state index contributed by atoms with van der Waals surface area (Å²) in [5.41, 5.74) is 10.6. The predicted molar refractivity (Wildman–Crippen MR) is 97.4 cm³/mol.